The van der Waals surface area contributed by atoms with Crippen molar-refractivity contribution in [1.82, 2.24) is 10.6 Å². The summed E-state index contributed by atoms with van der Waals surface area (Å²) in [6.45, 7) is 3.21. The number of aliphatic hydroxyl groups excluding tert-OH is 3. The molecule has 6 atom stereocenters. The van der Waals surface area contributed by atoms with Gasteiger partial charge in [0.2, 0.25) is 5.91 Å². The number of carbonyl (C=O) groups is 4. The molecular formula is C26H36N2O10. The van der Waals surface area contributed by atoms with Crippen LogP contribution >= 0.6 is 0 Å². The van der Waals surface area contributed by atoms with Gasteiger partial charge in [0.05, 0.1) is 6.54 Å². The highest BCUT2D eigenvalue weighted by molar-refractivity contribution is 5.89. The van der Waals surface area contributed by atoms with E-state index in [1.807, 2.05) is 18.2 Å². The lowest BCUT2D eigenvalue weighted by molar-refractivity contribution is -0.150. The van der Waals surface area contributed by atoms with Crippen LogP contribution in [0.1, 0.15) is 32.3 Å². The van der Waals surface area contributed by atoms with Crippen molar-refractivity contribution in [2.24, 2.45) is 5.41 Å². The molecule has 0 radical (unpaired) electrons. The maximum atomic E-state index is 12.8. The van der Waals surface area contributed by atoms with Gasteiger partial charge in [-0.25, -0.2) is 4.79 Å². The summed E-state index contributed by atoms with van der Waals surface area (Å²) in [4.78, 5) is 48.3. The van der Waals surface area contributed by atoms with E-state index in [-0.39, 0.29) is 26.0 Å². The molecule has 1 aliphatic heterocycles. The molecule has 1 saturated heterocycles. The maximum absolute atomic E-state index is 12.8. The summed E-state index contributed by atoms with van der Waals surface area (Å²) in [5.74, 6) is -1.43. The molecule has 5 N–H and O–H groups in total. The van der Waals surface area contributed by atoms with Gasteiger partial charge in [0.15, 0.2) is 6.10 Å². The van der Waals surface area contributed by atoms with Gasteiger partial charge in [0, 0.05) is 12.5 Å². The lowest BCUT2D eigenvalue weighted by Gasteiger charge is -2.28. The topological polar surface area (TPSA) is 181 Å². The molecule has 0 bridgehead atoms. The monoisotopic (exact) mass is 536 g/mol. The fourth-order valence-electron chi connectivity index (χ4n) is 3.58. The standard InChI is InChI=1S/C26H36N2O10/c1-26(2,15-29)12-11-19(30)20(31)21(32)22(36-3)24(34)28-18-10-9-17(13-27-23(18)33)38-25(35)37-14-16-7-5-4-6-8-16/h4-8,11-12,15,17-22,30-32H,9-10,13-14H2,1-3H3,(H,27,33)(H,28,34)/b12-11+/t17-,18+,19-,20+,21-,22-/m1/s1. The zero-order valence-corrected chi connectivity index (χ0v) is 21.6. The van der Waals surface area contributed by atoms with Crippen molar-refractivity contribution < 1.29 is 48.7 Å². The number of carbonyl (C=O) groups excluding carboxylic acids is 4. The molecule has 38 heavy (non-hydrogen) atoms. The summed E-state index contributed by atoms with van der Waals surface area (Å²) >= 11 is 0. The van der Waals surface area contributed by atoms with E-state index in [0.717, 1.165) is 18.7 Å². The second-order valence-corrected chi connectivity index (χ2v) is 9.57. The molecule has 0 unspecified atom stereocenters. The van der Waals surface area contributed by atoms with Gasteiger partial charge in [-0.15, -0.1) is 0 Å². The molecule has 2 amide bonds. The number of ether oxygens (including phenoxy) is 3. The Kier molecular flexibility index (Phi) is 11.9. The van der Waals surface area contributed by atoms with Gasteiger partial charge < -0.3 is 45.0 Å². The first-order valence-electron chi connectivity index (χ1n) is 12.2. The number of aliphatic hydroxyl groups is 3. The van der Waals surface area contributed by atoms with Gasteiger partial charge in [-0.05, 0) is 32.3 Å². The minimum atomic E-state index is -1.86. The Bertz CT molecular complexity index is 968. The van der Waals surface area contributed by atoms with Gasteiger partial charge in [-0.1, -0.05) is 42.5 Å². The fraction of sp³-hybridized carbons (Fsp3) is 0.538. The second-order valence-electron chi connectivity index (χ2n) is 9.57. The van der Waals surface area contributed by atoms with Crippen molar-refractivity contribution >= 4 is 24.3 Å². The highest BCUT2D eigenvalue weighted by atomic mass is 16.7. The predicted octanol–water partition coefficient (Wildman–Crippen LogP) is -0.0178. The number of amides is 2. The van der Waals surface area contributed by atoms with Crippen LogP contribution in [0.15, 0.2) is 42.5 Å². The summed E-state index contributed by atoms with van der Waals surface area (Å²) in [6.07, 6.45) is -5.02. The smallest absolute Gasteiger partial charge is 0.429 e. The highest BCUT2D eigenvalue weighted by Crippen LogP contribution is 2.17. The van der Waals surface area contributed by atoms with Crippen LogP contribution in [0.4, 0.5) is 4.79 Å². The average molecular weight is 537 g/mol. The molecule has 1 fully saturated rings. The molecule has 12 heteroatoms. The fourth-order valence-corrected chi connectivity index (χ4v) is 3.58. The number of hydrogen-bond acceptors (Lipinski definition) is 10. The lowest BCUT2D eigenvalue weighted by Crippen LogP contribution is -2.55. The predicted molar refractivity (Wildman–Crippen MR) is 133 cm³/mol. The first kappa shape index (κ1) is 30.9. The van der Waals surface area contributed by atoms with Crippen molar-refractivity contribution in [2.75, 3.05) is 13.7 Å². The SMILES string of the molecule is CO[C@@H](C(=O)N[C@H]1CC[C@@H](OC(=O)OCc2ccccc2)CNC1=O)[C@H](O)[C@@H](O)[C@H](O)/C=C/C(C)(C)C=O. The third-order valence-electron chi connectivity index (χ3n) is 5.93. The number of methoxy groups -OCH3 is 1. The van der Waals surface area contributed by atoms with Crippen LogP contribution in [0, 0.1) is 5.41 Å². The van der Waals surface area contributed by atoms with E-state index in [2.05, 4.69) is 10.6 Å². The highest BCUT2D eigenvalue weighted by Gasteiger charge is 2.37. The summed E-state index contributed by atoms with van der Waals surface area (Å²) in [5.41, 5.74) is -0.119. The molecule has 1 heterocycles. The van der Waals surface area contributed by atoms with E-state index in [9.17, 15) is 34.5 Å². The van der Waals surface area contributed by atoms with E-state index in [1.165, 1.54) is 6.08 Å². The van der Waals surface area contributed by atoms with Crippen LogP contribution in [0.3, 0.4) is 0 Å². The third kappa shape index (κ3) is 9.53. The third-order valence-corrected chi connectivity index (χ3v) is 5.93. The molecule has 0 aromatic heterocycles. The molecule has 2 rings (SSSR count). The molecule has 12 nitrogen and oxygen atoms in total. The largest absolute Gasteiger partial charge is 0.508 e. The summed E-state index contributed by atoms with van der Waals surface area (Å²) in [6, 6.07) is 8.01. The molecule has 0 aliphatic carbocycles. The summed E-state index contributed by atoms with van der Waals surface area (Å²) in [5, 5.41) is 36.0. The van der Waals surface area contributed by atoms with Crippen molar-refractivity contribution in [3.63, 3.8) is 0 Å². The van der Waals surface area contributed by atoms with Crippen LogP contribution in [0.25, 0.3) is 0 Å². The quantitative estimate of drug-likeness (QED) is 0.138. The maximum Gasteiger partial charge on any atom is 0.508 e. The number of benzene rings is 1. The van der Waals surface area contributed by atoms with E-state index >= 15 is 0 Å². The van der Waals surface area contributed by atoms with Gasteiger partial charge in [0.25, 0.3) is 5.91 Å². The number of rotatable bonds is 12. The van der Waals surface area contributed by atoms with Gasteiger partial charge in [-0.3, -0.25) is 9.59 Å². The Morgan fingerprint density at radius 3 is 2.47 bits per heavy atom. The van der Waals surface area contributed by atoms with E-state index in [4.69, 9.17) is 14.2 Å². The summed E-state index contributed by atoms with van der Waals surface area (Å²) < 4.78 is 15.4. The molecule has 0 saturated carbocycles. The molecular weight excluding hydrogens is 500 g/mol. The minimum absolute atomic E-state index is 0.0103. The Hall–Kier alpha value is -3.32. The Morgan fingerprint density at radius 2 is 1.84 bits per heavy atom. The van der Waals surface area contributed by atoms with Crippen LogP contribution in [-0.2, 0) is 35.2 Å². The molecule has 1 aromatic rings. The Balaban J connectivity index is 1.90. The number of allylic oxidation sites excluding steroid dienone is 1. The van der Waals surface area contributed by atoms with E-state index in [0.29, 0.717) is 6.29 Å². The van der Waals surface area contributed by atoms with Crippen molar-refractivity contribution in [2.45, 2.75) is 69.9 Å². The number of aldehydes is 1. The second kappa shape index (κ2) is 14.6. The van der Waals surface area contributed by atoms with Crippen molar-refractivity contribution in [1.29, 1.82) is 0 Å². The van der Waals surface area contributed by atoms with Crippen LogP contribution < -0.4 is 10.6 Å². The van der Waals surface area contributed by atoms with Crippen LogP contribution in [-0.4, -0.2) is 89.8 Å². The number of nitrogens with one attached hydrogen (secondary N) is 2. The lowest BCUT2D eigenvalue weighted by atomic mass is 9.93. The zero-order valence-electron chi connectivity index (χ0n) is 21.6. The van der Waals surface area contributed by atoms with E-state index < -0.39 is 59.9 Å². The van der Waals surface area contributed by atoms with E-state index in [1.54, 1.807) is 26.0 Å². The molecule has 210 valence electrons. The van der Waals surface area contributed by atoms with Crippen LogP contribution in [0.2, 0.25) is 0 Å². The van der Waals surface area contributed by atoms with Crippen molar-refractivity contribution in [3.8, 4) is 0 Å². The van der Waals surface area contributed by atoms with Gasteiger partial charge in [0.1, 0.15) is 43.4 Å². The number of hydrogen-bond donors (Lipinski definition) is 5. The first-order chi connectivity index (χ1) is 18.0. The first-order valence-corrected chi connectivity index (χ1v) is 12.2. The zero-order chi connectivity index (χ0) is 28.3. The van der Waals surface area contributed by atoms with Crippen molar-refractivity contribution in [3.05, 3.63) is 48.0 Å². The van der Waals surface area contributed by atoms with Crippen LogP contribution in [0.5, 0.6) is 0 Å². The van der Waals surface area contributed by atoms with Gasteiger partial charge in [-0.2, -0.15) is 0 Å². The summed E-state index contributed by atoms with van der Waals surface area (Å²) in [7, 11) is 1.12. The normalized spacial score (nSPS) is 21.4. The minimum Gasteiger partial charge on any atom is -0.429 e. The van der Waals surface area contributed by atoms with Gasteiger partial charge >= 0.3 is 6.16 Å². The molecule has 1 aliphatic rings. The average Bonchev–Trinajstić information content (AvgIpc) is 3.07. The Labute approximate surface area is 221 Å². The molecule has 0 spiro atoms. The Morgan fingerprint density at radius 1 is 1.16 bits per heavy atom. The molecule has 1 aromatic carbocycles.